The van der Waals surface area contributed by atoms with Crippen molar-refractivity contribution in [2.45, 2.75) is 18.5 Å². The third-order valence-electron chi connectivity index (χ3n) is 9.64. The summed E-state index contributed by atoms with van der Waals surface area (Å²) in [6.45, 7) is 0. The summed E-state index contributed by atoms with van der Waals surface area (Å²) in [5.74, 6) is 0. The maximum atomic E-state index is 3.82. The Kier molecular flexibility index (Phi) is 7.85. The van der Waals surface area contributed by atoms with E-state index in [0.29, 0.717) is 0 Å². The van der Waals surface area contributed by atoms with E-state index < -0.39 is 0 Å². The molecule has 3 nitrogen and oxygen atoms in total. The highest BCUT2D eigenvalue weighted by Crippen LogP contribution is 2.39. The predicted molar refractivity (Wildman–Crippen MR) is 206 cm³/mol. The Morgan fingerprint density at radius 2 is 0.673 bits per heavy atom. The van der Waals surface area contributed by atoms with Crippen LogP contribution in [0.2, 0.25) is 0 Å². The summed E-state index contributed by atoms with van der Waals surface area (Å²) < 4.78 is 2.61. The van der Waals surface area contributed by atoms with Crippen molar-refractivity contribution in [3.63, 3.8) is 0 Å². The second-order valence-electron chi connectivity index (χ2n) is 12.7. The van der Waals surface area contributed by atoms with Crippen LogP contribution in [0, 0.1) is 0 Å². The molecule has 0 amide bonds. The standard InChI is InChI=1S/C45H35N3S/c1-4-10-30(11-5-1)31-16-18-32(19-17-31)33-20-22-34(23-21-33)37-24-26-39-40-27-25-38(29-42(40)49-41(39)28-37)45-47-43(35-12-6-2-7-13-35)46-44(48-45)36-14-8-3-9-15-36/h1-29,43-48H. The van der Waals surface area contributed by atoms with Gasteiger partial charge in [0, 0.05) is 20.2 Å². The molecule has 0 saturated carbocycles. The molecule has 1 saturated heterocycles. The summed E-state index contributed by atoms with van der Waals surface area (Å²) in [5.41, 5.74) is 11.1. The average molecular weight is 650 g/mol. The Balaban J connectivity index is 0.984. The van der Waals surface area contributed by atoms with E-state index in [-0.39, 0.29) is 18.5 Å². The molecule has 2 atom stereocenters. The molecule has 0 radical (unpaired) electrons. The van der Waals surface area contributed by atoms with Gasteiger partial charge in [0.2, 0.25) is 0 Å². The Morgan fingerprint density at radius 1 is 0.306 bits per heavy atom. The number of benzene rings is 7. The van der Waals surface area contributed by atoms with Crippen LogP contribution in [0.3, 0.4) is 0 Å². The summed E-state index contributed by atoms with van der Waals surface area (Å²) in [7, 11) is 0. The summed E-state index contributed by atoms with van der Waals surface area (Å²) in [4.78, 5) is 0. The van der Waals surface area contributed by atoms with Gasteiger partial charge in [-0.1, -0.05) is 164 Å². The van der Waals surface area contributed by atoms with Crippen LogP contribution in [-0.2, 0) is 0 Å². The van der Waals surface area contributed by atoms with E-state index in [1.165, 1.54) is 70.2 Å². The summed E-state index contributed by atoms with van der Waals surface area (Å²) in [5, 5.41) is 14.0. The monoisotopic (exact) mass is 649 g/mol. The van der Waals surface area contributed by atoms with Gasteiger partial charge in [0.25, 0.3) is 0 Å². The lowest BCUT2D eigenvalue weighted by atomic mass is 9.97. The molecule has 4 heteroatoms. The van der Waals surface area contributed by atoms with Gasteiger partial charge in [-0.3, -0.25) is 16.0 Å². The molecule has 1 aliphatic heterocycles. The molecule has 2 unspecified atom stereocenters. The molecule has 7 aromatic carbocycles. The minimum atomic E-state index is -0.0186. The highest BCUT2D eigenvalue weighted by atomic mass is 32.1. The quantitative estimate of drug-likeness (QED) is 0.168. The fourth-order valence-corrected chi connectivity index (χ4v) is 8.20. The lowest BCUT2D eigenvalue weighted by Crippen LogP contribution is -2.54. The second kappa shape index (κ2) is 12.9. The number of hydrogen-bond donors (Lipinski definition) is 3. The number of hydrogen-bond acceptors (Lipinski definition) is 4. The zero-order valence-corrected chi connectivity index (χ0v) is 27.7. The van der Waals surface area contributed by atoms with Crippen molar-refractivity contribution in [2.75, 3.05) is 0 Å². The van der Waals surface area contributed by atoms with Gasteiger partial charge in [-0.25, -0.2) is 0 Å². The van der Waals surface area contributed by atoms with Gasteiger partial charge < -0.3 is 0 Å². The van der Waals surface area contributed by atoms with Crippen molar-refractivity contribution in [1.29, 1.82) is 0 Å². The Hall–Kier alpha value is -5.36. The van der Waals surface area contributed by atoms with Gasteiger partial charge in [-0.05, 0) is 62.2 Å². The minimum absolute atomic E-state index is 0.0124. The fraction of sp³-hybridized carbons (Fsp3) is 0.0667. The Morgan fingerprint density at radius 3 is 1.18 bits per heavy atom. The lowest BCUT2D eigenvalue weighted by Gasteiger charge is -2.39. The van der Waals surface area contributed by atoms with Gasteiger partial charge in [-0.2, -0.15) is 0 Å². The fourth-order valence-electron chi connectivity index (χ4n) is 7.01. The minimum Gasteiger partial charge on any atom is -0.279 e. The van der Waals surface area contributed by atoms with Crippen LogP contribution in [-0.4, -0.2) is 0 Å². The molecule has 3 N–H and O–H groups in total. The normalized spacial score (nSPS) is 17.8. The van der Waals surface area contributed by atoms with E-state index in [0.717, 1.165) is 0 Å². The van der Waals surface area contributed by atoms with E-state index in [4.69, 9.17) is 0 Å². The summed E-state index contributed by atoms with van der Waals surface area (Å²) >= 11 is 1.87. The average Bonchev–Trinajstić information content (AvgIpc) is 3.56. The van der Waals surface area contributed by atoms with E-state index in [9.17, 15) is 0 Å². The van der Waals surface area contributed by atoms with Crippen LogP contribution >= 0.6 is 11.3 Å². The van der Waals surface area contributed by atoms with E-state index in [1.54, 1.807) is 0 Å². The van der Waals surface area contributed by atoms with Crippen molar-refractivity contribution in [3.05, 3.63) is 193 Å². The van der Waals surface area contributed by atoms with Crippen molar-refractivity contribution < 1.29 is 0 Å². The van der Waals surface area contributed by atoms with Crippen molar-refractivity contribution in [2.24, 2.45) is 0 Å². The molecule has 2 heterocycles. The number of nitrogens with one attached hydrogen (secondary N) is 3. The lowest BCUT2D eigenvalue weighted by molar-refractivity contribution is 0.203. The number of fused-ring (bicyclic) bond motifs is 3. The number of thiophene rings is 1. The molecule has 49 heavy (non-hydrogen) atoms. The van der Waals surface area contributed by atoms with Gasteiger partial charge in [0.1, 0.15) is 0 Å². The molecule has 1 fully saturated rings. The molecule has 1 aliphatic rings. The van der Waals surface area contributed by atoms with Crippen LogP contribution in [0.5, 0.6) is 0 Å². The predicted octanol–water partition coefficient (Wildman–Crippen LogP) is 11.2. The maximum Gasteiger partial charge on any atom is 0.0865 e. The first-order valence-electron chi connectivity index (χ1n) is 16.9. The van der Waals surface area contributed by atoms with Gasteiger partial charge in [0.15, 0.2) is 0 Å². The number of rotatable bonds is 6. The van der Waals surface area contributed by atoms with Gasteiger partial charge in [0.05, 0.1) is 18.5 Å². The molecule has 0 spiro atoms. The first-order valence-corrected chi connectivity index (χ1v) is 17.7. The highest BCUT2D eigenvalue weighted by Gasteiger charge is 2.29. The van der Waals surface area contributed by atoms with Crippen molar-refractivity contribution >= 4 is 31.5 Å². The molecular formula is C45H35N3S. The first kappa shape index (κ1) is 29.8. The van der Waals surface area contributed by atoms with Crippen molar-refractivity contribution in [3.8, 4) is 33.4 Å². The SMILES string of the molecule is c1ccc(-c2ccc(-c3ccc(-c4ccc5c(c4)sc4cc(C6NC(c7ccccc7)NC(c7ccccc7)N6)ccc45)cc3)cc2)cc1. The molecule has 236 valence electrons. The smallest absolute Gasteiger partial charge is 0.0865 e. The third-order valence-corrected chi connectivity index (χ3v) is 10.8. The summed E-state index contributed by atoms with van der Waals surface area (Å²) in [6.07, 6.45) is 0.00612. The van der Waals surface area contributed by atoms with E-state index in [2.05, 4.69) is 192 Å². The van der Waals surface area contributed by atoms with Crippen LogP contribution < -0.4 is 16.0 Å². The molecule has 0 bridgehead atoms. The van der Waals surface area contributed by atoms with Crippen molar-refractivity contribution in [1.82, 2.24) is 16.0 Å². The molecule has 8 aromatic rings. The zero-order chi connectivity index (χ0) is 32.6. The van der Waals surface area contributed by atoms with Crippen LogP contribution in [0.15, 0.2) is 176 Å². The first-order chi connectivity index (χ1) is 24.2. The highest BCUT2D eigenvalue weighted by molar-refractivity contribution is 7.25. The zero-order valence-electron chi connectivity index (χ0n) is 26.9. The van der Waals surface area contributed by atoms with E-state index >= 15 is 0 Å². The Labute approximate surface area is 290 Å². The molecule has 0 aliphatic carbocycles. The molecule has 1 aromatic heterocycles. The van der Waals surface area contributed by atoms with Gasteiger partial charge in [-0.15, -0.1) is 11.3 Å². The molecular weight excluding hydrogens is 615 g/mol. The second-order valence-corrected chi connectivity index (χ2v) is 13.8. The third kappa shape index (κ3) is 5.97. The topological polar surface area (TPSA) is 36.1 Å². The maximum absolute atomic E-state index is 3.82. The van der Waals surface area contributed by atoms with E-state index in [1.807, 2.05) is 11.3 Å². The summed E-state index contributed by atoms with van der Waals surface area (Å²) in [6, 6.07) is 63.4. The van der Waals surface area contributed by atoms with Gasteiger partial charge >= 0.3 is 0 Å². The van der Waals surface area contributed by atoms with Crippen LogP contribution in [0.1, 0.15) is 35.2 Å². The van der Waals surface area contributed by atoms with Crippen LogP contribution in [0.25, 0.3) is 53.6 Å². The molecule has 9 rings (SSSR count). The van der Waals surface area contributed by atoms with Crippen LogP contribution in [0.4, 0.5) is 0 Å². The Bertz CT molecular complexity index is 2300. The largest absolute Gasteiger partial charge is 0.279 e.